The van der Waals surface area contributed by atoms with Gasteiger partial charge < -0.3 is 14.2 Å². The number of nitrogens with zero attached hydrogens (tertiary/aromatic N) is 4. The van der Waals surface area contributed by atoms with Crippen molar-refractivity contribution in [2.45, 2.75) is 37.1 Å². The van der Waals surface area contributed by atoms with Crippen LogP contribution in [0.1, 0.15) is 30.7 Å². The number of carbonyl (C=O) groups excluding carboxylic acids is 1. The third-order valence-corrected chi connectivity index (χ3v) is 8.08. The van der Waals surface area contributed by atoms with E-state index in [0.717, 1.165) is 18.4 Å². The molecule has 0 bridgehead atoms. The van der Waals surface area contributed by atoms with Crippen molar-refractivity contribution < 1.29 is 22.5 Å². The van der Waals surface area contributed by atoms with Gasteiger partial charge in [-0.1, -0.05) is 16.8 Å². The highest BCUT2D eigenvalue weighted by Gasteiger charge is 2.28. The van der Waals surface area contributed by atoms with Crippen LogP contribution in [0.5, 0.6) is 5.75 Å². The zero-order valence-corrected chi connectivity index (χ0v) is 21.2. The Hall–Kier alpha value is -2.95. The molecule has 35 heavy (non-hydrogen) atoms. The SMILES string of the molecule is COc1ccc(S(=O)(=O)N2CCCC2)cc1CCC(=O)N(C)Cc1nc(-c2ccc(Cl)cc2)no1. The summed E-state index contributed by atoms with van der Waals surface area (Å²) in [6.07, 6.45) is 2.22. The Kier molecular flexibility index (Phi) is 7.73. The minimum atomic E-state index is -3.56. The van der Waals surface area contributed by atoms with Gasteiger partial charge in [-0.05, 0) is 67.3 Å². The van der Waals surface area contributed by atoms with Gasteiger partial charge in [-0.25, -0.2) is 8.42 Å². The lowest BCUT2D eigenvalue weighted by atomic mass is 10.1. The quantitative estimate of drug-likeness (QED) is 0.424. The highest BCUT2D eigenvalue weighted by Crippen LogP contribution is 2.27. The molecule has 4 rings (SSSR count). The Morgan fingerprint density at radius 1 is 1.17 bits per heavy atom. The Balaban J connectivity index is 1.40. The lowest BCUT2D eigenvalue weighted by Gasteiger charge is -2.18. The zero-order chi connectivity index (χ0) is 25.0. The first-order chi connectivity index (χ1) is 16.8. The predicted octanol–water partition coefficient (Wildman–Crippen LogP) is 3.77. The average molecular weight is 519 g/mol. The van der Waals surface area contributed by atoms with Gasteiger partial charge in [-0.3, -0.25) is 4.79 Å². The molecule has 2 aromatic carbocycles. The van der Waals surface area contributed by atoms with E-state index in [9.17, 15) is 13.2 Å². The second-order valence-electron chi connectivity index (χ2n) is 8.35. The number of benzene rings is 2. The van der Waals surface area contributed by atoms with Gasteiger partial charge in [0.05, 0.1) is 18.6 Å². The van der Waals surface area contributed by atoms with Crippen molar-refractivity contribution in [1.29, 1.82) is 0 Å². The smallest absolute Gasteiger partial charge is 0.246 e. The molecule has 0 spiro atoms. The summed E-state index contributed by atoms with van der Waals surface area (Å²) in [6, 6.07) is 11.9. The molecular weight excluding hydrogens is 492 g/mol. The topological polar surface area (TPSA) is 106 Å². The van der Waals surface area contributed by atoms with Crippen LogP contribution in [0, 0.1) is 0 Å². The van der Waals surface area contributed by atoms with Crippen LogP contribution < -0.4 is 4.74 Å². The van der Waals surface area contributed by atoms with Crippen molar-refractivity contribution in [3.63, 3.8) is 0 Å². The van der Waals surface area contributed by atoms with Crippen molar-refractivity contribution in [3.8, 4) is 17.1 Å². The van der Waals surface area contributed by atoms with E-state index in [4.69, 9.17) is 20.9 Å². The van der Waals surface area contributed by atoms with E-state index in [0.29, 0.717) is 47.6 Å². The lowest BCUT2D eigenvalue weighted by Crippen LogP contribution is -2.28. The Morgan fingerprint density at radius 2 is 1.89 bits per heavy atom. The number of sulfonamides is 1. The molecule has 3 aromatic rings. The summed E-state index contributed by atoms with van der Waals surface area (Å²) in [5.41, 5.74) is 1.42. The normalized spacial score (nSPS) is 14.3. The van der Waals surface area contributed by atoms with E-state index in [1.807, 2.05) is 0 Å². The van der Waals surface area contributed by atoms with Gasteiger partial charge in [0.1, 0.15) is 5.75 Å². The molecule has 1 aliphatic rings. The highest BCUT2D eigenvalue weighted by molar-refractivity contribution is 7.89. The molecule has 1 aromatic heterocycles. The maximum Gasteiger partial charge on any atom is 0.246 e. The van der Waals surface area contributed by atoms with Gasteiger partial charge in [0.15, 0.2) is 0 Å². The number of amides is 1. The predicted molar refractivity (Wildman–Crippen MR) is 131 cm³/mol. The first kappa shape index (κ1) is 25.2. The summed E-state index contributed by atoms with van der Waals surface area (Å²) in [7, 11) is -0.381. The molecule has 11 heteroatoms. The largest absolute Gasteiger partial charge is 0.496 e. The second-order valence-corrected chi connectivity index (χ2v) is 10.7. The summed E-state index contributed by atoms with van der Waals surface area (Å²) in [6.45, 7) is 1.21. The molecule has 0 saturated carbocycles. The van der Waals surface area contributed by atoms with Gasteiger partial charge in [0.25, 0.3) is 0 Å². The van der Waals surface area contributed by atoms with Crippen LogP contribution in [-0.4, -0.2) is 60.9 Å². The molecule has 0 N–H and O–H groups in total. The zero-order valence-electron chi connectivity index (χ0n) is 19.6. The fourth-order valence-electron chi connectivity index (χ4n) is 3.95. The van der Waals surface area contributed by atoms with Crippen LogP contribution >= 0.6 is 11.6 Å². The Morgan fingerprint density at radius 3 is 2.57 bits per heavy atom. The number of hydrogen-bond acceptors (Lipinski definition) is 7. The molecule has 0 unspecified atom stereocenters. The minimum absolute atomic E-state index is 0.147. The van der Waals surface area contributed by atoms with Crippen molar-refractivity contribution in [3.05, 3.63) is 58.9 Å². The highest BCUT2D eigenvalue weighted by atomic mass is 35.5. The summed E-state index contributed by atoms with van der Waals surface area (Å²) in [5.74, 6) is 1.12. The van der Waals surface area contributed by atoms with Crippen molar-refractivity contribution >= 4 is 27.5 Å². The molecule has 1 fully saturated rings. The first-order valence-corrected chi connectivity index (χ1v) is 13.1. The average Bonchev–Trinajstić information content (AvgIpc) is 3.56. The molecule has 0 radical (unpaired) electrons. The minimum Gasteiger partial charge on any atom is -0.496 e. The van der Waals surface area contributed by atoms with Crippen LogP contribution in [0.25, 0.3) is 11.4 Å². The van der Waals surface area contributed by atoms with Crippen LogP contribution in [0.3, 0.4) is 0 Å². The number of aromatic nitrogens is 2. The van der Waals surface area contributed by atoms with Crippen LogP contribution in [0.15, 0.2) is 51.9 Å². The van der Waals surface area contributed by atoms with Crippen molar-refractivity contribution in [2.24, 2.45) is 0 Å². The van der Waals surface area contributed by atoms with Crippen LogP contribution in [0.2, 0.25) is 5.02 Å². The molecule has 186 valence electrons. The fourth-order valence-corrected chi connectivity index (χ4v) is 5.64. The number of hydrogen-bond donors (Lipinski definition) is 0. The van der Waals surface area contributed by atoms with Crippen molar-refractivity contribution in [2.75, 3.05) is 27.2 Å². The fraction of sp³-hybridized carbons (Fsp3) is 0.375. The molecule has 1 amide bonds. The number of aryl methyl sites for hydroxylation is 1. The van der Waals surface area contributed by atoms with Gasteiger partial charge in [-0.2, -0.15) is 9.29 Å². The second kappa shape index (κ2) is 10.8. The molecule has 9 nitrogen and oxygen atoms in total. The van der Waals surface area contributed by atoms with E-state index in [2.05, 4.69) is 10.1 Å². The maximum atomic E-state index is 12.9. The maximum absolute atomic E-state index is 12.9. The van der Waals surface area contributed by atoms with E-state index in [-0.39, 0.29) is 23.8 Å². The molecular formula is C24H27ClN4O5S. The van der Waals surface area contributed by atoms with Gasteiger partial charge in [0, 0.05) is 37.1 Å². The van der Waals surface area contributed by atoms with Gasteiger partial charge in [0.2, 0.25) is 27.6 Å². The number of halogens is 1. The third-order valence-electron chi connectivity index (χ3n) is 5.93. The van der Waals surface area contributed by atoms with E-state index in [1.54, 1.807) is 49.5 Å². The van der Waals surface area contributed by atoms with Crippen LogP contribution in [-0.2, 0) is 27.8 Å². The molecule has 1 saturated heterocycles. The van der Waals surface area contributed by atoms with Gasteiger partial charge >= 0.3 is 0 Å². The Bertz CT molecular complexity index is 1290. The third kappa shape index (κ3) is 5.83. The number of ether oxygens (including phenoxy) is 1. The summed E-state index contributed by atoms with van der Waals surface area (Å²) < 4.78 is 38.1. The number of carbonyl (C=O) groups is 1. The van der Waals surface area contributed by atoms with E-state index in [1.165, 1.54) is 16.3 Å². The Labute approximate surface area is 209 Å². The molecule has 2 heterocycles. The van der Waals surface area contributed by atoms with E-state index >= 15 is 0 Å². The summed E-state index contributed by atoms with van der Waals surface area (Å²) in [5, 5.41) is 4.58. The summed E-state index contributed by atoms with van der Waals surface area (Å²) >= 11 is 5.91. The molecule has 0 atom stereocenters. The summed E-state index contributed by atoms with van der Waals surface area (Å²) in [4.78, 5) is 18.8. The standard InChI is InChI=1S/C24H27ClN4O5S/c1-28(16-22-26-24(27-34-22)17-5-8-19(25)9-6-17)23(30)12-7-18-15-20(10-11-21(18)33-2)35(31,32)29-13-3-4-14-29/h5-6,8-11,15H,3-4,7,12-14,16H2,1-2H3. The van der Waals surface area contributed by atoms with Crippen molar-refractivity contribution in [1.82, 2.24) is 19.3 Å². The number of methoxy groups -OCH3 is 1. The van der Waals surface area contributed by atoms with E-state index < -0.39 is 10.0 Å². The molecule has 0 aliphatic carbocycles. The van der Waals surface area contributed by atoms with Crippen LogP contribution in [0.4, 0.5) is 0 Å². The monoisotopic (exact) mass is 518 g/mol. The first-order valence-electron chi connectivity index (χ1n) is 11.3. The number of rotatable bonds is 9. The van der Waals surface area contributed by atoms with Gasteiger partial charge in [-0.15, -0.1) is 0 Å². The molecule has 1 aliphatic heterocycles. The lowest BCUT2D eigenvalue weighted by molar-refractivity contribution is -0.130.